The molecule has 3 aromatic rings. The van der Waals surface area contributed by atoms with Crippen molar-refractivity contribution in [3.63, 3.8) is 0 Å². The van der Waals surface area contributed by atoms with Crippen LogP contribution in [0.2, 0.25) is 0 Å². The molecular formula is C17H13NOS. The van der Waals surface area contributed by atoms with Crippen LogP contribution in [0.4, 0.5) is 0 Å². The van der Waals surface area contributed by atoms with E-state index < -0.39 is 0 Å². The Hall–Kier alpha value is -1.97. The molecule has 0 fully saturated rings. The van der Waals surface area contributed by atoms with Gasteiger partial charge in [-0.1, -0.05) is 24.3 Å². The van der Waals surface area contributed by atoms with Crippen LogP contribution in [0.5, 0.6) is 0 Å². The predicted molar refractivity (Wildman–Crippen MR) is 82.2 cm³/mol. The Kier molecular flexibility index (Phi) is 2.69. The molecule has 0 amide bonds. The first-order valence-electron chi connectivity index (χ1n) is 6.66. The lowest BCUT2D eigenvalue weighted by Gasteiger charge is -2.05. The zero-order valence-corrected chi connectivity index (χ0v) is 11.7. The quantitative estimate of drug-likeness (QED) is 0.724. The summed E-state index contributed by atoms with van der Waals surface area (Å²) in [4.78, 5) is 12.7. The smallest absolute Gasteiger partial charge is 0.194 e. The second-order valence-electron chi connectivity index (χ2n) is 5.06. The third-order valence-corrected chi connectivity index (χ3v) is 4.79. The number of carbonyl (C=O) groups is 1. The van der Waals surface area contributed by atoms with Crippen molar-refractivity contribution < 1.29 is 4.79 Å². The maximum atomic E-state index is 12.7. The molecule has 0 unspecified atom stereocenters. The van der Waals surface area contributed by atoms with Crippen LogP contribution in [0, 0.1) is 0 Å². The highest BCUT2D eigenvalue weighted by Gasteiger charge is 2.16. The van der Waals surface area contributed by atoms with Crippen LogP contribution in [-0.4, -0.2) is 5.78 Å². The molecule has 0 atom stereocenters. The van der Waals surface area contributed by atoms with Crippen LogP contribution in [0.15, 0.2) is 47.8 Å². The number of benzene rings is 2. The Balaban J connectivity index is 1.82. The fourth-order valence-electron chi connectivity index (χ4n) is 2.76. The van der Waals surface area contributed by atoms with E-state index in [1.807, 2.05) is 29.6 Å². The van der Waals surface area contributed by atoms with Crippen molar-refractivity contribution in [1.82, 2.24) is 5.32 Å². The summed E-state index contributed by atoms with van der Waals surface area (Å²) in [5, 5.41) is 6.49. The van der Waals surface area contributed by atoms with Gasteiger partial charge in [0.15, 0.2) is 5.78 Å². The van der Waals surface area contributed by atoms with Crippen molar-refractivity contribution >= 4 is 27.2 Å². The molecule has 0 saturated carbocycles. The zero-order chi connectivity index (χ0) is 13.5. The number of rotatable bonds is 2. The molecule has 2 heterocycles. The standard InChI is InChI=1S/C17H13NOS/c19-16(12-4-5-13-9-18-10-14(13)8-12)15-3-1-2-11-6-7-20-17(11)15/h1-8,18H,9-10H2. The summed E-state index contributed by atoms with van der Waals surface area (Å²) in [7, 11) is 0. The fourth-order valence-corrected chi connectivity index (χ4v) is 3.67. The van der Waals surface area contributed by atoms with Crippen LogP contribution in [-0.2, 0) is 13.1 Å². The van der Waals surface area contributed by atoms with Gasteiger partial charge in [0.05, 0.1) is 0 Å². The van der Waals surface area contributed by atoms with Gasteiger partial charge in [0, 0.05) is 28.9 Å². The molecule has 98 valence electrons. The SMILES string of the molecule is O=C(c1ccc2c(c1)CNC2)c1cccc2ccsc12. The fraction of sp³-hybridized carbons (Fsp3) is 0.118. The lowest BCUT2D eigenvalue weighted by atomic mass is 9.99. The monoisotopic (exact) mass is 279 g/mol. The summed E-state index contributed by atoms with van der Waals surface area (Å²) in [5.74, 6) is 0.118. The summed E-state index contributed by atoms with van der Waals surface area (Å²) in [6.45, 7) is 1.77. The molecular weight excluding hydrogens is 266 g/mol. The maximum Gasteiger partial charge on any atom is 0.194 e. The minimum atomic E-state index is 0.118. The van der Waals surface area contributed by atoms with Crippen molar-refractivity contribution in [1.29, 1.82) is 0 Å². The number of nitrogens with one attached hydrogen (secondary N) is 1. The molecule has 20 heavy (non-hydrogen) atoms. The van der Waals surface area contributed by atoms with E-state index in [0.29, 0.717) is 0 Å². The van der Waals surface area contributed by atoms with Crippen LogP contribution < -0.4 is 5.32 Å². The number of ketones is 1. The summed E-state index contributed by atoms with van der Waals surface area (Å²) in [5.41, 5.74) is 4.14. The molecule has 1 aromatic heterocycles. The summed E-state index contributed by atoms with van der Waals surface area (Å²) in [6.07, 6.45) is 0. The molecule has 4 rings (SSSR count). The van der Waals surface area contributed by atoms with Gasteiger partial charge in [-0.15, -0.1) is 11.3 Å². The molecule has 1 aliphatic rings. The zero-order valence-electron chi connectivity index (χ0n) is 10.8. The van der Waals surface area contributed by atoms with Crippen molar-refractivity contribution in [3.05, 3.63) is 70.1 Å². The second-order valence-corrected chi connectivity index (χ2v) is 5.98. The predicted octanol–water partition coefficient (Wildman–Crippen LogP) is 3.74. The molecule has 0 saturated heterocycles. The van der Waals surface area contributed by atoms with E-state index in [2.05, 4.69) is 23.5 Å². The number of thiophene rings is 1. The van der Waals surface area contributed by atoms with Crippen molar-refractivity contribution in [3.8, 4) is 0 Å². The van der Waals surface area contributed by atoms with Gasteiger partial charge in [0.1, 0.15) is 0 Å². The van der Waals surface area contributed by atoms with Gasteiger partial charge in [-0.3, -0.25) is 4.79 Å². The van der Waals surface area contributed by atoms with E-state index in [4.69, 9.17) is 0 Å². The number of fused-ring (bicyclic) bond motifs is 2. The molecule has 2 aromatic carbocycles. The Bertz CT molecular complexity index is 819. The molecule has 1 aliphatic heterocycles. The van der Waals surface area contributed by atoms with Gasteiger partial charge in [0.25, 0.3) is 0 Å². The Morgan fingerprint density at radius 1 is 1.05 bits per heavy atom. The molecule has 0 spiro atoms. The van der Waals surface area contributed by atoms with Crippen LogP contribution in [0.1, 0.15) is 27.0 Å². The highest BCUT2D eigenvalue weighted by molar-refractivity contribution is 7.17. The van der Waals surface area contributed by atoms with Gasteiger partial charge in [-0.05, 0) is 40.1 Å². The lowest BCUT2D eigenvalue weighted by Crippen LogP contribution is -2.02. The Morgan fingerprint density at radius 2 is 1.95 bits per heavy atom. The third kappa shape index (κ3) is 1.79. The first kappa shape index (κ1) is 11.8. The van der Waals surface area contributed by atoms with Crippen molar-refractivity contribution in [2.75, 3.05) is 0 Å². The lowest BCUT2D eigenvalue weighted by molar-refractivity contribution is 0.104. The van der Waals surface area contributed by atoms with Crippen molar-refractivity contribution in [2.45, 2.75) is 13.1 Å². The largest absolute Gasteiger partial charge is 0.309 e. The molecule has 0 radical (unpaired) electrons. The van der Waals surface area contributed by atoms with E-state index in [9.17, 15) is 4.79 Å². The average Bonchev–Trinajstić information content (AvgIpc) is 3.13. The molecule has 0 bridgehead atoms. The Morgan fingerprint density at radius 3 is 2.90 bits per heavy atom. The van der Waals surface area contributed by atoms with Crippen LogP contribution >= 0.6 is 11.3 Å². The molecule has 3 heteroatoms. The minimum absolute atomic E-state index is 0.118. The summed E-state index contributed by atoms with van der Waals surface area (Å²) in [6, 6.07) is 14.0. The van der Waals surface area contributed by atoms with Gasteiger partial charge < -0.3 is 5.32 Å². The highest BCUT2D eigenvalue weighted by Crippen LogP contribution is 2.27. The first-order chi connectivity index (χ1) is 9.83. The van der Waals surface area contributed by atoms with Gasteiger partial charge in [-0.2, -0.15) is 0 Å². The number of hydrogen-bond acceptors (Lipinski definition) is 3. The number of hydrogen-bond donors (Lipinski definition) is 1. The van der Waals surface area contributed by atoms with Gasteiger partial charge in [-0.25, -0.2) is 0 Å². The topological polar surface area (TPSA) is 29.1 Å². The average molecular weight is 279 g/mol. The molecule has 0 aliphatic carbocycles. The minimum Gasteiger partial charge on any atom is -0.309 e. The van der Waals surface area contributed by atoms with E-state index in [1.165, 1.54) is 11.1 Å². The van der Waals surface area contributed by atoms with Crippen molar-refractivity contribution in [2.24, 2.45) is 0 Å². The van der Waals surface area contributed by atoms with Crippen LogP contribution in [0.3, 0.4) is 0 Å². The number of carbonyl (C=O) groups excluding carboxylic acids is 1. The van der Waals surface area contributed by atoms with E-state index in [0.717, 1.165) is 34.3 Å². The van der Waals surface area contributed by atoms with E-state index in [1.54, 1.807) is 11.3 Å². The first-order valence-corrected chi connectivity index (χ1v) is 7.54. The summed E-state index contributed by atoms with van der Waals surface area (Å²) < 4.78 is 1.08. The third-order valence-electron chi connectivity index (χ3n) is 3.82. The van der Waals surface area contributed by atoms with Crippen LogP contribution in [0.25, 0.3) is 10.1 Å². The van der Waals surface area contributed by atoms with Gasteiger partial charge in [0.2, 0.25) is 0 Å². The molecule has 2 nitrogen and oxygen atoms in total. The Labute approximate surface area is 121 Å². The normalized spacial score (nSPS) is 13.6. The van der Waals surface area contributed by atoms with Gasteiger partial charge >= 0.3 is 0 Å². The maximum absolute atomic E-state index is 12.7. The summed E-state index contributed by atoms with van der Waals surface area (Å²) >= 11 is 1.63. The second kappa shape index (κ2) is 4.54. The van der Waals surface area contributed by atoms with E-state index >= 15 is 0 Å². The van der Waals surface area contributed by atoms with E-state index in [-0.39, 0.29) is 5.78 Å². The molecule has 1 N–H and O–H groups in total. The highest BCUT2D eigenvalue weighted by atomic mass is 32.1.